The van der Waals surface area contributed by atoms with E-state index in [1.54, 1.807) is 30.7 Å². The standard InChI is InChI=1S/C20H16F3N5O2/c21-20(22,23)30-16-5-3-14(4-6-16)13-27-28-19(29)17-2-1-9-25-18(17)26-12-15-7-10-24-11-8-15/h1-11,13H,12H2,(H,25,26)(H,28,29)/b27-13+. The van der Waals surface area contributed by atoms with Crippen LogP contribution in [0.25, 0.3) is 0 Å². The maximum absolute atomic E-state index is 12.4. The third-order valence-corrected chi connectivity index (χ3v) is 3.76. The second-order valence-corrected chi connectivity index (χ2v) is 5.92. The highest BCUT2D eigenvalue weighted by Crippen LogP contribution is 2.22. The number of hydrogen-bond donors (Lipinski definition) is 2. The van der Waals surface area contributed by atoms with Crippen LogP contribution in [0, 0.1) is 0 Å². The van der Waals surface area contributed by atoms with E-state index in [4.69, 9.17) is 0 Å². The fraction of sp³-hybridized carbons (Fsp3) is 0.100. The van der Waals surface area contributed by atoms with Crippen LogP contribution in [0.2, 0.25) is 0 Å². The van der Waals surface area contributed by atoms with Gasteiger partial charge in [0.25, 0.3) is 5.91 Å². The molecule has 3 rings (SSSR count). The second kappa shape index (κ2) is 9.50. The molecule has 10 heteroatoms. The highest BCUT2D eigenvalue weighted by atomic mass is 19.4. The number of alkyl halides is 3. The average molecular weight is 415 g/mol. The first-order valence-corrected chi connectivity index (χ1v) is 8.68. The van der Waals surface area contributed by atoms with Crippen LogP contribution in [0.5, 0.6) is 5.75 Å². The van der Waals surface area contributed by atoms with Crippen molar-refractivity contribution in [3.05, 3.63) is 83.8 Å². The number of carbonyl (C=O) groups is 1. The van der Waals surface area contributed by atoms with E-state index in [2.05, 4.69) is 30.5 Å². The van der Waals surface area contributed by atoms with Gasteiger partial charge in [0, 0.05) is 25.1 Å². The lowest BCUT2D eigenvalue weighted by molar-refractivity contribution is -0.274. The van der Waals surface area contributed by atoms with Crippen LogP contribution < -0.4 is 15.5 Å². The Kier molecular flexibility index (Phi) is 6.58. The maximum atomic E-state index is 12.4. The van der Waals surface area contributed by atoms with Crippen molar-refractivity contribution in [1.82, 2.24) is 15.4 Å². The number of nitrogens with one attached hydrogen (secondary N) is 2. The topological polar surface area (TPSA) is 88.5 Å². The van der Waals surface area contributed by atoms with Gasteiger partial charge in [-0.3, -0.25) is 9.78 Å². The normalized spacial score (nSPS) is 11.3. The van der Waals surface area contributed by atoms with Gasteiger partial charge in [-0.05, 0) is 59.7 Å². The van der Waals surface area contributed by atoms with E-state index < -0.39 is 12.3 Å². The molecule has 1 amide bonds. The molecule has 0 aliphatic carbocycles. The predicted molar refractivity (Wildman–Crippen MR) is 104 cm³/mol. The number of aromatic nitrogens is 2. The van der Waals surface area contributed by atoms with Gasteiger partial charge in [-0.2, -0.15) is 5.10 Å². The molecule has 0 aliphatic rings. The summed E-state index contributed by atoms with van der Waals surface area (Å²) in [4.78, 5) is 20.5. The van der Waals surface area contributed by atoms with E-state index in [0.29, 0.717) is 17.9 Å². The fourth-order valence-corrected chi connectivity index (χ4v) is 2.40. The van der Waals surface area contributed by atoms with Crippen molar-refractivity contribution in [3.63, 3.8) is 0 Å². The Balaban J connectivity index is 1.59. The Morgan fingerprint density at radius 1 is 1.07 bits per heavy atom. The Morgan fingerprint density at radius 3 is 2.50 bits per heavy atom. The highest BCUT2D eigenvalue weighted by Gasteiger charge is 2.30. The van der Waals surface area contributed by atoms with Crippen molar-refractivity contribution >= 4 is 17.9 Å². The third-order valence-electron chi connectivity index (χ3n) is 3.76. The monoisotopic (exact) mass is 415 g/mol. The van der Waals surface area contributed by atoms with Gasteiger partial charge in [0.1, 0.15) is 11.6 Å². The minimum atomic E-state index is -4.75. The fourth-order valence-electron chi connectivity index (χ4n) is 2.40. The van der Waals surface area contributed by atoms with Crippen LogP contribution in [-0.4, -0.2) is 28.5 Å². The summed E-state index contributed by atoms with van der Waals surface area (Å²) in [7, 11) is 0. The first-order chi connectivity index (χ1) is 14.4. The molecule has 154 valence electrons. The maximum Gasteiger partial charge on any atom is 0.573 e. The summed E-state index contributed by atoms with van der Waals surface area (Å²) in [6.45, 7) is 0.454. The number of pyridine rings is 2. The van der Waals surface area contributed by atoms with Gasteiger partial charge in [0.05, 0.1) is 11.8 Å². The molecule has 0 unspecified atom stereocenters. The van der Waals surface area contributed by atoms with Gasteiger partial charge in [0.15, 0.2) is 0 Å². The molecule has 30 heavy (non-hydrogen) atoms. The summed E-state index contributed by atoms with van der Waals surface area (Å²) in [5, 5.41) is 6.92. The number of carbonyl (C=O) groups excluding carboxylic acids is 1. The van der Waals surface area contributed by atoms with Crippen molar-refractivity contribution in [2.45, 2.75) is 12.9 Å². The van der Waals surface area contributed by atoms with E-state index in [0.717, 1.165) is 17.7 Å². The molecular formula is C20H16F3N5O2. The molecule has 0 atom stereocenters. The quantitative estimate of drug-likeness (QED) is 0.453. The van der Waals surface area contributed by atoms with Crippen molar-refractivity contribution in [2.24, 2.45) is 5.10 Å². The number of nitrogens with zero attached hydrogens (tertiary/aromatic N) is 3. The minimum absolute atomic E-state index is 0.289. The Labute approximate surface area is 169 Å². The molecule has 2 heterocycles. The number of rotatable bonds is 7. The molecule has 3 aromatic rings. The summed E-state index contributed by atoms with van der Waals surface area (Å²) in [5.74, 6) is -0.451. The highest BCUT2D eigenvalue weighted by molar-refractivity contribution is 5.99. The summed E-state index contributed by atoms with van der Waals surface area (Å²) < 4.78 is 40.3. The van der Waals surface area contributed by atoms with Gasteiger partial charge < -0.3 is 10.1 Å². The number of benzene rings is 1. The summed E-state index contributed by atoms with van der Waals surface area (Å²) in [6.07, 6.45) is 1.44. The zero-order chi connectivity index (χ0) is 21.4. The van der Waals surface area contributed by atoms with E-state index in [1.165, 1.54) is 18.3 Å². The van der Waals surface area contributed by atoms with Gasteiger partial charge in [-0.15, -0.1) is 13.2 Å². The lowest BCUT2D eigenvalue weighted by Crippen LogP contribution is -2.20. The molecule has 2 N–H and O–H groups in total. The second-order valence-electron chi connectivity index (χ2n) is 5.92. The van der Waals surface area contributed by atoms with E-state index in [1.807, 2.05) is 12.1 Å². The van der Waals surface area contributed by atoms with E-state index >= 15 is 0 Å². The van der Waals surface area contributed by atoms with Crippen LogP contribution in [0.1, 0.15) is 21.5 Å². The zero-order valence-electron chi connectivity index (χ0n) is 15.4. The summed E-state index contributed by atoms with van der Waals surface area (Å²) in [6, 6.07) is 11.9. The van der Waals surface area contributed by atoms with Crippen LogP contribution in [0.15, 0.2) is 72.2 Å². The Hall–Kier alpha value is -3.95. The lowest BCUT2D eigenvalue weighted by Gasteiger charge is -2.09. The first-order valence-electron chi connectivity index (χ1n) is 8.68. The van der Waals surface area contributed by atoms with Crippen molar-refractivity contribution in [2.75, 3.05) is 5.32 Å². The van der Waals surface area contributed by atoms with E-state index in [9.17, 15) is 18.0 Å². The lowest BCUT2D eigenvalue weighted by atomic mass is 10.2. The molecule has 0 spiro atoms. The molecule has 0 fully saturated rings. The number of ether oxygens (including phenoxy) is 1. The minimum Gasteiger partial charge on any atom is -0.406 e. The van der Waals surface area contributed by atoms with Crippen molar-refractivity contribution < 1.29 is 22.7 Å². The molecule has 0 aliphatic heterocycles. The van der Waals surface area contributed by atoms with Crippen LogP contribution in [-0.2, 0) is 6.54 Å². The molecular weight excluding hydrogens is 399 g/mol. The Morgan fingerprint density at radius 2 is 1.80 bits per heavy atom. The summed E-state index contributed by atoms with van der Waals surface area (Å²) in [5.41, 5.74) is 4.11. The molecule has 2 aromatic heterocycles. The molecule has 0 saturated carbocycles. The molecule has 0 radical (unpaired) electrons. The van der Waals surface area contributed by atoms with Gasteiger partial charge in [-0.25, -0.2) is 10.4 Å². The van der Waals surface area contributed by atoms with Gasteiger partial charge in [-0.1, -0.05) is 0 Å². The number of anilines is 1. The number of halogens is 3. The number of hydrazone groups is 1. The van der Waals surface area contributed by atoms with Gasteiger partial charge in [0.2, 0.25) is 0 Å². The number of hydrogen-bond acceptors (Lipinski definition) is 6. The molecule has 1 aromatic carbocycles. The zero-order valence-corrected chi connectivity index (χ0v) is 15.4. The van der Waals surface area contributed by atoms with Crippen LogP contribution in [0.3, 0.4) is 0 Å². The molecule has 0 bridgehead atoms. The predicted octanol–water partition coefficient (Wildman–Crippen LogP) is 3.75. The SMILES string of the molecule is O=C(N/N=C/c1ccc(OC(F)(F)F)cc1)c1cccnc1NCc1ccncc1. The molecule has 7 nitrogen and oxygen atoms in total. The first kappa shape index (κ1) is 20.8. The Bertz CT molecular complexity index is 1010. The average Bonchev–Trinajstić information content (AvgIpc) is 2.73. The van der Waals surface area contributed by atoms with Crippen LogP contribution in [0.4, 0.5) is 19.0 Å². The summed E-state index contributed by atoms with van der Waals surface area (Å²) >= 11 is 0. The van der Waals surface area contributed by atoms with Crippen molar-refractivity contribution in [1.29, 1.82) is 0 Å². The number of amides is 1. The van der Waals surface area contributed by atoms with Crippen LogP contribution >= 0.6 is 0 Å². The van der Waals surface area contributed by atoms with Gasteiger partial charge >= 0.3 is 6.36 Å². The van der Waals surface area contributed by atoms with Crippen molar-refractivity contribution in [3.8, 4) is 5.75 Å². The van der Waals surface area contributed by atoms with E-state index in [-0.39, 0.29) is 11.3 Å². The largest absolute Gasteiger partial charge is 0.573 e. The molecule has 0 saturated heterocycles. The third kappa shape index (κ3) is 6.30. The smallest absolute Gasteiger partial charge is 0.406 e.